The van der Waals surface area contributed by atoms with Gasteiger partial charge >= 0.3 is 0 Å². The van der Waals surface area contributed by atoms with E-state index in [0.717, 1.165) is 76.7 Å². The van der Waals surface area contributed by atoms with Crippen molar-refractivity contribution in [2.45, 2.75) is 70.4 Å². The van der Waals surface area contributed by atoms with Crippen molar-refractivity contribution in [1.82, 2.24) is 19.9 Å². The zero-order chi connectivity index (χ0) is 23.7. The number of benzene rings is 1. The molecule has 1 aromatic carbocycles. The fourth-order valence-corrected chi connectivity index (χ4v) is 6.24. The van der Waals surface area contributed by atoms with Gasteiger partial charge in [0.05, 0.1) is 34.2 Å². The number of hydrogen-bond donors (Lipinski definition) is 3. The van der Waals surface area contributed by atoms with Crippen molar-refractivity contribution in [2.75, 3.05) is 23.7 Å². The lowest BCUT2D eigenvalue weighted by Gasteiger charge is -2.35. The Morgan fingerprint density at radius 3 is 2.62 bits per heavy atom. The lowest BCUT2D eigenvalue weighted by molar-refractivity contribution is -0.0707. The average molecular weight is 548 g/mol. The molecule has 2 aromatic heterocycles. The number of morpholine rings is 1. The number of anilines is 3. The number of aromatic nitrogens is 3. The predicted octanol–water partition coefficient (Wildman–Crippen LogP) is 4.92. The Balaban J connectivity index is 1.38. The lowest BCUT2D eigenvalue weighted by atomic mass is 9.93. The lowest BCUT2D eigenvalue weighted by Crippen LogP contribution is -2.45. The van der Waals surface area contributed by atoms with E-state index in [1.54, 1.807) is 11.3 Å². The standard InChI is InChI=1S/C24H31BrN6O2S/c1-14-11-31(12-15(2)33-14)13-18-10-22(29-23(27-18)26-17-4-6-19(32)7-5-17)30-24-28-20-8-3-16(25)9-21(20)34-24/h3,8-10,14-15,17,19,32H,4-7,11-13H2,1-2H3,(H2,26,27,28,29,30)/t14-,15+,17?,19?. The van der Waals surface area contributed by atoms with Crippen molar-refractivity contribution >= 4 is 54.4 Å². The van der Waals surface area contributed by atoms with E-state index in [-0.39, 0.29) is 24.4 Å². The summed E-state index contributed by atoms with van der Waals surface area (Å²) in [4.78, 5) is 16.7. The van der Waals surface area contributed by atoms with Crippen LogP contribution in [0.4, 0.5) is 16.9 Å². The summed E-state index contributed by atoms with van der Waals surface area (Å²) in [6.45, 7) is 6.73. The Hall–Kier alpha value is -1.85. The third-order valence-corrected chi connectivity index (χ3v) is 7.70. The molecule has 0 bridgehead atoms. The van der Waals surface area contributed by atoms with Crippen molar-refractivity contribution in [3.63, 3.8) is 0 Å². The minimum absolute atomic E-state index is 0.188. The molecule has 3 heterocycles. The Morgan fingerprint density at radius 2 is 1.85 bits per heavy atom. The molecule has 0 radical (unpaired) electrons. The number of halogens is 1. The first-order chi connectivity index (χ1) is 16.4. The summed E-state index contributed by atoms with van der Waals surface area (Å²) in [5, 5.41) is 17.6. The molecular weight excluding hydrogens is 516 g/mol. The van der Waals surface area contributed by atoms with Crippen LogP contribution in [0, 0.1) is 0 Å². The molecule has 1 saturated heterocycles. The normalized spacial score (nSPS) is 26.0. The molecule has 3 N–H and O–H groups in total. The van der Waals surface area contributed by atoms with Crippen LogP contribution >= 0.6 is 27.3 Å². The average Bonchev–Trinajstić information content (AvgIpc) is 3.15. The van der Waals surface area contributed by atoms with E-state index in [9.17, 15) is 5.11 Å². The summed E-state index contributed by atoms with van der Waals surface area (Å²) in [6.07, 6.45) is 3.69. The van der Waals surface area contributed by atoms with Gasteiger partial charge in [0, 0.05) is 36.2 Å². The third-order valence-electron chi connectivity index (χ3n) is 6.28. The fraction of sp³-hybridized carbons (Fsp3) is 0.542. The molecule has 0 unspecified atom stereocenters. The number of nitrogens with zero attached hydrogens (tertiary/aromatic N) is 4. The van der Waals surface area contributed by atoms with Crippen LogP contribution in [0.2, 0.25) is 0 Å². The van der Waals surface area contributed by atoms with Gasteiger partial charge in [0.15, 0.2) is 5.13 Å². The van der Waals surface area contributed by atoms with Gasteiger partial charge in [-0.25, -0.2) is 9.97 Å². The van der Waals surface area contributed by atoms with Crippen LogP contribution < -0.4 is 10.6 Å². The van der Waals surface area contributed by atoms with Crippen molar-refractivity contribution in [3.05, 3.63) is 34.4 Å². The second-order valence-electron chi connectivity index (χ2n) is 9.43. The van der Waals surface area contributed by atoms with Crippen LogP contribution in [-0.4, -0.2) is 62.4 Å². The smallest absolute Gasteiger partial charge is 0.225 e. The zero-order valence-electron chi connectivity index (χ0n) is 19.5. The predicted molar refractivity (Wildman–Crippen MR) is 140 cm³/mol. The first kappa shape index (κ1) is 23.9. The number of aliphatic hydroxyl groups is 1. The third kappa shape index (κ3) is 6.04. The molecule has 0 spiro atoms. The first-order valence-electron chi connectivity index (χ1n) is 11.9. The Labute approximate surface area is 212 Å². The topological polar surface area (TPSA) is 95.4 Å². The SMILES string of the molecule is C[C@@H]1CN(Cc2cc(Nc3nc4ccc(Br)cc4s3)nc(NC3CCC(O)CC3)n2)C[C@H](C)O1. The molecule has 2 aliphatic rings. The Bertz CT molecular complexity index is 1130. The summed E-state index contributed by atoms with van der Waals surface area (Å²) in [5.41, 5.74) is 1.92. The summed E-state index contributed by atoms with van der Waals surface area (Å²) >= 11 is 5.14. The van der Waals surface area contributed by atoms with Gasteiger partial charge in [0.2, 0.25) is 5.95 Å². The maximum atomic E-state index is 9.85. The van der Waals surface area contributed by atoms with Gasteiger partial charge in [0.1, 0.15) is 5.82 Å². The quantitative estimate of drug-likeness (QED) is 0.401. The van der Waals surface area contributed by atoms with E-state index in [1.165, 1.54) is 0 Å². The molecule has 1 aliphatic heterocycles. The summed E-state index contributed by atoms with van der Waals surface area (Å²) in [7, 11) is 0. The van der Waals surface area contributed by atoms with Crippen molar-refractivity contribution in [1.29, 1.82) is 0 Å². The molecule has 3 aromatic rings. The maximum Gasteiger partial charge on any atom is 0.225 e. The molecule has 2 atom stereocenters. The van der Waals surface area contributed by atoms with Gasteiger partial charge in [0.25, 0.3) is 0 Å². The monoisotopic (exact) mass is 546 g/mol. The van der Waals surface area contributed by atoms with E-state index in [0.29, 0.717) is 5.95 Å². The van der Waals surface area contributed by atoms with Crippen LogP contribution in [0.25, 0.3) is 10.2 Å². The molecule has 2 fully saturated rings. The fourth-order valence-electron chi connectivity index (χ4n) is 4.81. The Kier molecular flexibility index (Phi) is 7.31. The van der Waals surface area contributed by atoms with Gasteiger partial charge in [-0.05, 0) is 57.7 Å². The number of nitrogens with one attached hydrogen (secondary N) is 2. The maximum absolute atomic E-state index is 9.85. The second-order valence-corrected chi connectivity index (χ2v) is 11.4. The van der Waals surface area contributed by atoms with Crippen LogP contribution in [0.3, 0.4) is 0 Å². The number of rotatable bonds is 6. The van der Waals surface area contributed by atoms with Crippen LogP contribution in [-0.2, 0) is 11.3 Å². The van der Waals surface area contributed by atoms with E-state index in [1.807, 2.05) is 18.2 Å². The van der Waals surface area contributed by atoms with Gasteiger partial charge < -0.3 is 20.5 Å². The molecule has 1 aliphatic carbocycles. The largest absolute Gasteiger partial charge is 0.393 e. The number of hydrogen-bond acceptors (Lipinski definition) is 9. The highest BCUT2D eigenvalue weighted by molar-refractivity contribution is 9.10. The van der Waals surface area contributed by atoms with E-state index >= 15 is 0 Å². The van der Waals surface area contributed by atoms with Gasteiger partial charge in [-0.2, -0.15) is 4.98 Å². The van der Waals surface area contributed by atoms with Gasteiger partial charge in [-0.3, -0.25) is 4.90 Å². The number of thiazole rings is 1. The molecule has 182 valence electrons. The highest BCUT2D eigenvalue weighted by atomic mass is 79.9. The van der Waals surface area contributed by atoms with Gasteiger partial charge in [-0.1, -0.05) is 27.3 Å². The molecular formula is C24H31BrN6O2S. The van der Waals surface area contributed by atoms with Crippen LogP contribution in [0.1, 0.15) is 45.2 Å². The highest BCUT2D eigenvalue weighted by Crippen LogP contribution is 2.31. The number of aliphatic hydroxyl groups excluding tert-OH is 1. The van der Waals surface area contributed by atoms with Gasteiger partial charge in [-0.15, -0.1) is 0 Å². The van der Waals surface area contributed by atoms with Crippen molar-refractivity contribution in [2.24, 2.45) is 0 Å². The summed E-state index contributed by atoms with van der Waals surface area (Å²) < 4.78 is 8.05. The zero-order valence-corrected chi connectivity index (χ0v) is 21.9. The Morgan fingerprint density at radius 1 is 1.09 bits per heavy atom. The van der Waals surface area contributed by atoms with Crippen molar-refractivity contribution in [3.8, 4) is 0 Å². The minimum Gasteiger partial charge on any atom is -0.393 e. The molecule has 5 rings (SSSR count). The van der Waals surface area contributed by atoms with E-state index in [2.05, 4.69) is 51.4 Å². The van der Waals surface area contributed by atoms with E-state index < -0.39 is 0 Å². The minimum atomic E-state index is -0.188. The second kappa shape index (κ2) is 10.4. The van der Waals surface area contributed by atoms with Crippen LogP contribution in [0.5, 0.6) is 0 Å². The molecule has 10 heteroatoms. The van der Waals surface area contributed by atoms with Crippen molar-refractivity contribution < 1.29 is 9.84 Å². The number of ether oxygens (including phenoxy) is 1. The van der Waals surface area contributed by atoms with E-state index in [4.69, 9.17) is 19.7 Å². The summed E-state index contributed by atoms with van der Waals surface area (Å²) in [6, 6.07) is 8.38. The molecule has 0 amide bonds. The first-order valence-corrected chi connectivity index (χ1v) is 13.5. The molecule has 8 nitrogen and oxygen atoms in total. The molecule has 34 heavy (non-hydrogen) atoms. The number of fused-ring (bicyclic) bond motifs is 1. The highest BCUT2D eigenvalue weighted by Gasteiger charge is 2.24. The summed E-state index contributed by atoms with van der Waals surface area (Å²) in [5.74, 6) is 1.36. The van der Waals surface area contributed by atoms with Crippen LogP contribution in [0.15, 0.2) is 28.7 Å². The molecule has 1 saturated carbocycles.